The molecule has 1 atom stereocenters. The van der Waals surface area contributed by atoms with Gasteiger partial charge in [0.25, 0.3) is 0 Å². The van der Waals surface area contributed by atoms with Gasteiger partial charge in [-0.3, -0.25) is 0 Å². The van der Waals surface area contributed by atoms with E-state index in [1.807, 2.05) is 36.4 Å². The number of benzene rings is 2. The van der Waals surface area contributed by atoms with Crippen LogP contribution in [-0.2, 0) is 13.0 Å². The molecule has 0 heterocycles. The smallest absolute Gasteiger partial charge is 0.143 e. The van der Waals surface area contributed by atoms with Crippen LogP contribution in [0.15, 0.2) is 45.3 Å². The average Bonchev–Trinajstić information content (AvgIpc) is 2.45. The molecule has 5 heteroatoms. The van der Waals surface area contributed by atoms with Crippen LogP contribution in [0.4, 0.5) is 0 Å². The zero-order valence-corrected chi connectivity index (χ0v) is 15.5. The summed E-state index contributed by atoms with van der Waals surface area (Å²) >= 11 is 12.9. The van der Waals surface area contributed by atoms with Crippen LogP contribution < -0.4 is 5.32 Å². The molecular formula is C16H16Br2ClNO. The van der Waals surface area contributed by atoms with E-state index in [1.54, 1.807) is 0 Å². The lowest BCUT2D eigenvalue weighted by molar-refractivity contribution is 0.467. The van der Waals surface area contributed by atoms with Crippen molar-refractivity contribution in [3.05, 3.63) is 61.5 Å². The van der Waals surface area contributed by atoms with Gasteiger partial charge in [-0.05, 0) is 74.5 Å². The van der Waals surface area contributed by atoms with E-state index >= 15 is 0 Å². The van der Waals surface area contributed by atoms with Crippen molar-refractivity contribution in [2.24, 2.45) is 0 Å². The highest BCUT2D eigenvalue weighted by molar-refractivity contribution is 9.11. The third-order valence-electron chi connectivity index (χ3n) is 3.22. The van der Waals surface area contributed by atoms with E-state index < -0.39 is 0 Å². The van der Waals surface area contributed by atoms with Crippen molar-refractivity contribution >= 4 is 43.5 Å². The van der Waals surface area contributed by atoms with E-state index in [1.165, 1.54) is 0 Å². The van der Waals surface area contributed by atoms with Gasteiger partial charge in [0, 0.05) is 17.6 Å². The van der Waals surface area contributed by atoms with Crippen molar-refractivity contribution in [2.75, 3.05) is 0 Å². The molecule has 2 N–H and O–H groups in total. The highest BCUT2D eigenvalue weighted by Crippen LogP contribution is 2.33. The first kappa shape index (κ1) is 16.8. The molecule has 0 amide bonds. The van der Waals surface area contributed by atoms with E-state index in [4.69, 9.17) is 11.6 Å². The Morgan fingerprint density at radius 3 is 2.43 bits per heavy atom. The molecule has 21 heavy (non-hydrogen) atoms. The molecule has 0 saturated carbocycles. The van der Waals surface area contributed by atoms with E-state index in [-0.39, 0.29) is 5.75 Å². The normalized spacial score (nSPS) is 12.4. The number of aromatic hydroxyl groups is 1. The van der Waals surface area contributed by atoms with Crippen molar-refractivity contribution in [1.29, 1.82) is 0 Å². The SMILES string of the molecule is CC(Cc1ccccc1Cl)NCc1cc(Br)c(O)c(Br)c1. The first-order chi connectivity index (χ1) is 9.97. The van der Waals surface area contributed by atoms with Gasteiger partial charge in [-0.2, -0.15) is 0 Å². The van der Waals surface area contributed by atoms with Crippen molar-refractivity contribution < 1.29 is 5.11 Å². The topological polar surface area (TPSA) is 32.3 Å². The van der Waals surface area contributed by atoms with Crippen LogP contribution in [0.1, 0.15) is 18.1 Å². The fraction of sp³-hybridized carbons (Fsp3) is 0.250. The summed E-state index contributed by atoms with van der Waals surface area (Å²) < 4.78 is 1.37. The Balaban J connectivity index is 1.95. The fourth-order valence-electron chi connectivity index (χ4n) is 2.08. The van der Waals surface area contributed by atoms with E-state index in [2.05, 4.69) is 44.1 Å². The van der Waals surface area contributed by atoms with Gasteiger partial charge in [-0.25, -0.2) is 0 Å². The molecular weight excluding hydrogens is 417 g/mol. The van der Waals surface area contributed by atoms with E-state index in [0.29, 0.717) is 15.0 Å². The highest BCUT2D eigenvalue weighted by Gasteiger charge is 2.09. The van der Waals surface area contributed by atoms with Crippen molar-refractivity contribution in [3.63, 3.8) is 0 Å². The Kier molecular flexibility index (Phi) is 6.11. The number of nitrogens with one attached hydrogen (secondary N) is 1. The number of hydrogen-bond acceptors (Lipinski definition) is 2. The fourth-order valence-corrected chi connectivity index (χ4v) is 3.57. The lowest BCUT2D eigenvalue weighted by atomic mass is 10.1. The van der Waals surface area contributed by atoms with Crippen LogP contribution in [0.5, 0.6) is 5.75 Å². The summed E-state index contributed by atoms with van der Waals surface area (Å²) in [6.45, 7) is 2.86. The summed E-state index contributed by atoms with van der Waals surface area (Å²) in [6.07, 6.45) is 0.875. The largest absolute Gasteiger partial charge is 0.506 e. The van der Waals surface area contributed by atoms with Gasteiger partial charge >= 0.3 is 0 Å². The molecule has 0 aliphatic carbocycles. The maximum absolute atomic E-state index is 9.70. The van der Waals surface area contributed by atoms with Crippen LogP contribution in [0.25, 0.3) is 0 Å². The average molecular weight is 434 g/mol. The second kappa shape index (κ2) is 7.63. The predicted molar refractivity (Wildman–Crippen MR) is 95.0 cm³/mol. The summed E-state index contributed by atoms with van der Waals surface area (Å²) in [5.41, 5.74) is 2.24. The maximum Gasteiger partial charge on any atom is 0.143 e. The summed E-state index contributed by atoms with van der Waals surface area (Å²) in [7, 11) is 0. The molecule has 0 aliphatic heterocycles. The Bertz CT molecular complexity index is 610. The molecule has 2 rings (SSSR count). The minimum atomic E-state index is 0.225. The van der Waals surface area contributed by atoms with Crippen molar-refractivity contribution in [2.45, 2.75) is 25.9 Å². The predicted octanol–water partition coefficient (Wildman–Crippen LogP) is 5.29. The number of halogens is 3. The lowest BCUT2D eigenvalue weighted by Crippen LogP contribution is -2.27. The third-order valence-corrected chi connectivity index (χ3v) is 4.79. The van der Waals surface area contributed by atoms with E-state index in [0.717, 1.165) is 29.1 Å². The summed E-state index contributed by atoms with van der Waals surface area (Å²) in [5, 5.41) is 14.0. The molecule has 0 fully saturated rings. The quantitative estimate of drug-likeness (QED) is 0.671. The second-order valence-corrected chi connectivity index (χ2v) is 7.10. The van der Waals surface area contributed by atoms with Crippen molar-refractivity contribution in [3.8, 4) is 5.75 Å². The number of hydrogen-bond donors (Lipinski definition) is 2. The molecule has 1 unspecified atom stereocenters. The van der Waals surface area contributed by atoms with E-state index in [9.17, 15) is 5.11 Å². The lowest BCUT2D eigenvalue weighted by Gasteiger charge is -2.15. The molecule has 0 aromatic heterocycles. The van der Waals surface area contributed by atoms with Gasteiger partial charge in [-0.1, -0.05) is 29.8 Å². The van der Waals surface area contributed by atoms with Gasteiger partial charge in [0.2, 0.25) is 0 Å². The summed E-state index contributed by atoms with van der Waals surface area (Å²) in [5.74, 6) is 0.225. The Morgan fingerprint density at radius 1 is 1.19 bits per heavy atom. The van der Waals surface area contributed by atoms with Gasteiger partial charge in [0.15, 0.2) is 0 Å². The molecule has 2 aromatic rings. The highest BCUT2D eigenvalue weighted by atomic mass is 79.9. The Hall–Kier alpha value is -0.550. The second-order valence-electron chi connectivity index (χ2n) is 4.99. The van der Waals surface area contributed by atoms with Crippen LogP contribution in [0, 0.1) is 0 Å². The van der Waals surface area contributed by atoms with Crippen LogP contribution in [-0.4, -0.2) is 11.1 Å². The molecule has 0 aliphatic rings. The summed E-state index contributed by atoms with van der Waals surface area (Å²) in [4.78, 5) is 0. The molecule has 0 radical (unpaired) electrons. The number of phenolic OH excluding ortho intramolecular Hbond substituents is 1. The van der Waals surface area contributed by atoms with Crippen LogP contribution in [0.3, 0.4) is 0 Å². The monoisotopic (exact) mass is 431 g/mol. The van der Waals surface area contributed by atoms with Gasteiger partial charge < -0.3 is 10.4 Å². The zero-order chi connectivity index (χ0) is 15.4. The molecule has 2 aromatic carbocycles. The first-order valence-electron chi connectivity index (χ1n) is 6.61. The minimum Gasteiger partial charge on any atom is -0.506 e. The molecule has 112 valence electrons. The molecule has 0 bridgehead atoms. The first-order valence-corrected chi connectivity index (χ1v) is 8.57. The Morgan fingerprint density at radius 2 is 1.81 bits per heavy atom. The van der Waals surface area contributed by atoms with Crippen molar-refractivity contribution in [1.82, 2.24) is 5.32 Å². The number of rotatable bonds is 5. The van der Waals surface area contributed by atoms with Gasteiger partial charge in [-0.15, -0.1) is 0 Å². The van der Waals surface area contributed by atoms with Crippen LogP contribution in [0.2, 0.25) is 5.02 Å². The van der Waals surface area contributed by atoms with Gasteiger partial charge in [0.05, 0.1) is 8.95 Å². The standard InChI is InChI=1S/C16H16Br2ClNO/c1-10(6-12-4-2-3-5-15(12)19)20-9-11-7-13(17)16(21)14(18)8-11/h2-5,7-8,10,20-21H,6,9H2,1H3. The van der Waals surface area contributed by atoms with Gasteiger partial charge in [0.1, 0.15) is 5.75 Å². The zero-order valence-electron chi connectivity index (χ0n) is 11.5. The minimum absolute atomic E-state index is 0.225. The van der Waals surface area contributed by atoms with Crippen LogP contribution >= 0.6 is 43.5 Å². The third kappa shape index (κ3) is 4.71. The molecule has 0 spiro atoms. The Labute approximate surface area is 146 Å². The maximum atomic E-state index is 9.70. The molecule has 0 saturated heterocycles. The molecule has 2 nitrogen and oxygen atoms in total. The summed E-state index contributed by atoms with van der Waals surface area (Å²) in [6, 6.07) is 12.0. The number of phenols is 1.